The van der Waals surface area contributed by atoms with E-state index in [9.17, 15) is 9.59 Å². The van der Waals surface area contributed by atoms with Crippen molar-refractivity contribution < 1.29 is 9.53 Å². The van der Waals surface area contributed by atoms with Gasteiger partial charge < -0.3 is 4.74 Å². The second-order valence-corrected chi connectivity index (χ2v) is 8.88. The number of nitrogens with zero attached hydrogens (tertiary/aromatic N) is 4. The number of para-hydroxylation sites is 1. The van der Waals surface area contributed by atoms with Gasteiger partial charge in [-0.15, -0.1) is 21.5 Å². The van der Waals surface area contributed by atoms with Gasteiger partial charge in [0.2, 0.25) is 5.78 Å². The number of hydrogen-bond donors (Lipinski definition) is 0. The van der Waals surface area contributed by atoms with Crippen LogP contribution in [0.25, 0.3) is 27.1 Å². The Bertz CT molecular complexity index is 1590. The number of rotatable bonds is 3. The van der Waals surface area contributed by atoms with E-state index in [0.29, 0.717) is 27.4 Å². The fourth-order valence-corrected chi connectivity index (χ4v) is 5.52. The monoisotopic (exact) mass is 442 g/mol. The molecule has 3 heterocycles. The fourth-order valence-electron chi connectivity index (χ4n) is 4.36. The van der Waals surface area contributed by atoms with Crippen molar-refractivity contribution in [1.82, 2.24) is 19.2 Å². The summed E-state index contributed by atoms with van der Waals surface area (Å²) < 4.78 is 8.84. The van der Waals surface area contributed by atoms with E-state index in [4.69, 9.17) is 4.74 Å². The molecule has 0 atom stereocenters. The lowest BCUT2D eigenvalue weighted by atomic mass is 9.91. The predicted molar refractivity (Wildman–Crippen MR) is 122 cm³/mol. The summed E-state index contributed by atoms with van der Waals surface area (Å²) in [5.41, 5.74) is 4.25. The van der Waals surface area contributed by atoms with Gasteiger partial charge in [0.1, 0.15) is 4.88 Å². The van der Waals surface area contributed by atoms with Crippen molar-refractivity contribution in [3.8, 4) is 10.4 Å². The molecule has 0 saturated carbocycles. The van der Waals surface area contributed by atoms with Crippen molar-refractivity contribution in [3.63, 3.8) is 0 Å². The summed E-state index contributed by atoms with van der Waals surface area (Å²) in [6, 6.07) is 17.5. The molecule has 0 fully saturated rings. The zero-order valence-corrected chi connectivity index (χ0v) is 18.1. The first-order chi connectivity index (χ1) is 15.6. The SMILES string of the molecule is Cn1c(=O)c2ccccc2n2c(COC(=O)c3cc4c(s3)-c3ccccc3CC4)nnc12. The molecular weight excluding hydrogens is 424 g/mol. The number of ether oxygens (including phenoxy) is 1. The zero-order valence-electron chi connectivity index (χ0n) is 17.2. The maximum absolute atomic E-state index is 12.9. The van der Waals surface area contributed by atoms with E-state index in [1.807, 2.05) is 30.3 Å². The van der Waals surface area contributed by atoms with Crippen molar-refractivity contribution >= 4 is 34.0 Å². The molecule has 0 unspecified atom stereocenters. The van der Waals surface area contributed by atoms with Crippen LogP contribution in [0.15, 0.2) is 59.4 Å². The van der Waals surface area contributed by atoms with Crippen LogP contribution in [0.5, 0.6) is 0 Å². The van der Waals surface area contributed by atoms with Crippen LogP contribution >= 0.6 is 11.3 Å². The Balaban J connectivity index is 1.32. The number of benzene rings is 2. The highest BCUT2D eigenvalue weighted by molar-refractivity contribution is 7.17. The highest BCUT2D eigenvalue weighted by Gasteiger charge is 2.23. The van der Waals surface area contributed by atoms with Crippen molar-refractivity contribution in [3.05, 3.63) is 86.8 Å². The predicted octanol–water partition coefficient (Wildman–Crippen LogP) is 3.77. The average molecular weight is 443 g/mol. The van der Waals surface area contributed by atoms with Gasteiger partial charge in [-0.05, 0) is 47.7 Å². The number of fused-ring (bicyclic) bond motifs is 6. The molecule has 0 bridgehead atoms. The molecule has 6 rings (SSSR count). The first kappa shape index (κ1) is 18.9. The standard InChI is InChI=1S/C24H18N4O3S/c1-27-22(29)17-8-4-5-9-18(17)28-20(25-26-24(27)28)13-31-23(30)19-12-15-11-10-14-6-2-3-7-16(14)21(15)32-19/h2-9,12H,10-11,13H2,1H3. The van der Waals surface area contributed by atoms with E-state index >= 15 is 0 Å². The molecular formula is C24H18N4O3S. The summed E-state index contributed by atoms with van der Waals surface area (Å²) in [7, 11) is 1.66. The summed E-state index contributed by atoms with van der Waals surface area (Å²) in [5, 5.41) is 8.89. The number of aryl methyl sites for hydroxylation is 3. The largest absolute Gasteiger partial charge is 0.453 e. The normalized spacial score (nSPS) is 12.7. The topological polar surface area (TPSA) is 78.5 Å². The Kier molecular flexibility index (Phi) is 4.22. The number of thiophene rings is 1. The van der Waals surface area contributed by atoms with Crippen molar-refractivity contribution in [1.29, 1.82) is 0 Å². The van der Waals surface area contributed by atoms with Gasteiger partial charge in [-0.2, -0.15) is 0 Å². The van der Waals surface area contributed by atoms with Gasteiger partial charge in [0.25, 0.3) is 5.56 Å². The van der Waals surface area contributed by atoms with Crippen LogP contribution in [0.3, 0.4) is 0 Å². The summed E-state index contributed by atoms with van der Waals surface area (Å²) in [6.07, 6.45) is 1.90. The first-order valence-corrected chi connectivity index (χ1v) is 11.1. The van der Waals surface area contributed by atoms with Crippen LogP contribution < -0.4 is 5.56 Å². The molecule has 0 aliphatic heterocycles. The molecule has 0 spiro atoms. The number of aromatic nitrogens is 4. The molecule has 158 valence electrons. The quantitative estimate of drug-likeness (QED) is 0.398. The molecule has 5 aromatic rings. The lowest BCUT2D eigenvalue weighted by Crippen LogP contribution is -2.20. The molecule has 0 N–H and O–H groups in total. The molecule has 2 aromatic carbocycles. The van der Waals surface area contributed by atoms with Gasteiger partial charge in [0, 0.05) is 11.9 Å². The molecule has 3 aromatic heterocycles. The van der Waals surface area contributed by atoms with Gasteiger partial charge >= 0.3 is 5.97 Å². The van der Waals surface area contributed by atoms with E-state index in [2.05, 4.69) is 28.4 Å². The van der Waals surface area contributed by atoms with Crippen LogP contribution in [-0.4, -0.2) is 25.1 Å². The average Bonchev–Trinajstić information content (AvgIpc) is 3.46. The third kappa shape index (κ3) is 2.80. The van der Waals surface area contributed by atoms with Gasteiger partial charge in [-0.25, -0.2) is 4.79 Å². The van der Waals surface area contributed by atoms with E-state index in [-0.39, 0.29) is 18.1 Å². The Labute approximate surface area is 186 Å². The fraction of sp³-hybridized carbons (Fsp3) is 0.167. The Morgan fingerprint density at radius 2 is 1.84 bits per heavy atom. The molecule has 8 heteroatoms. The summed E-state index contributed by atoms with van der Waals surface area (Å²) in [4.78, 5) is 27.2. The van der Waals surface area contributed by atoms with Gasteiger partial charge in [-0.3, -0.25) is 13.8 Å². The molecule has 0 amide bonds. The van der Waals surface area contributed by atoms with Crippen LogP contribution in [-0.2, 0) is 31.2 Å². The maximum Gasteiger partial charge on any atom is 0.348 e. The summed E-state index contributed by atoms with van der Waals surface area (Å²) in [5.74, 6) is 0.488. The smallest absolute Gasteiger partial charge is 0.348 e. The van der Waals surface area contributed by atoms with E-state index in [1.165, 1.54) is 32.6 Å². The van der Waals surface area contributed by atoms with Gasteiger partial charge in [0.15, 0.2) is 12.4 Å². The van der Waals surface area contributed by atoms with E-state index in [1.54, 1.807) is 17.5 Å². The second kappa shape index (κ2) is 7.13. The number of carbonyl (C=O) groups is 1. The molecule has 0 radical (unpaired) electrons. The molecule has 7 nitrogen and oxygen atoms in total. The Morgan fingerprint density at radius 1 is 1.06 bits per heavy atom. The third-order valence-corrected chi connectivity index (χ3v) is 7.15. The second-order valence-electron chi connectivity index (χ2n) is 7.83. The van der Waals surface area contributed by atoms with E-state index in [0.717, 1.165) is 17.7 Å². The highest BCUT2D eigenvalue weighted by Crippen LogP contribution is 2.39. The maximum atomic E-state index is 12.9. The lowest BCUT2D eigenvalue weighted by Gasteiger charge is -2.15. The first-order valence-electron chi connectivity index (χ1n) is 10.3. The lowest BCUT2D eigenvalue weighted by molar-refractivity contribution is 0.0467. The third-order valence-electron chi connectivity index (χ3n) is 5.96. The summed E-state index contributed by atoms with van der Waals surface area (Å²) >= 11 is 1.47. The van der Waals surface area contributed by atoms with Crippen LogP contribution in [0.1, 0.15) is 26.6 Å². The molecule has 1 aliphatic carbocycles. The van der Waals surface area contributed by atoms with Crippen LogP contribution in [0, 0.1) is 0 Å². The minimum atomic E-state index is -0.382. The van der Waals surface area contributed by atoms with Crippen LogP contribution in [0.2, 0.25) is 0 Å². The van der Waals surface area contributed by atoms with Gasteiger partial charge in [-0.1, -0.05) is 36.4 Å². The van der Waals surface area contributed by atoms with Crippen molar-refractivity contribution in [2.45, 2.75) is 19.4 Å². The Hall–Kier alpha value is -3.78. The zero-order chi connectivity index (χ0) is 21.8. The molecule has 1 aliphatic rings. The molecule has 0 saturated heterocycles. The minimum absolute atomic E-state index is 0.0403. The van der Waals surface area contributed by atoms with Crippen molar-refractivity contribution in [2.75, 3.05) is 0 Å². The van der Waals surface area contributed by atoms with E-state index < -0.39 is 0 Å². The number of esters is 1. The van der Waals surface area contributed by atoms with Crippen molar-refractivity contribution in [2.24, 2.45) is 7.05 Å². The van der Waals surface area contributed by atoms with Gasteiger partial charge in [0.05, 0.1) is 10.9 Å². The Morgan fingerprint density at radius 3 is 2.75 bits per heavy atom. The minimum Gasteiger partial charge on any atom is -0.453 e. The highest BCUT2D eigenvalue weighted by atomic mass is 32.1. The summed E-state index contributed by atoms with van der Waals surface area (Å²) in [6.45, 7) is -0.0403. The molecule has 32 heavy (non-hydrogen) atoms. The van der Waals surface area contributed by atoms with Crippen LogP contribution in [0.4, 0.5) is 0 Å². The number of carbonyl (C=O) groups excluding carboxylic acids is 1. The number of hydrogen-bond acceptors (Lipinski definition) is 6.